The van der Waals surface area contributed by atoms with Gasteiger partial charge in [-0.3, -0.25) is 14.9 Å². The third kappa shape index (κ3) is 4.75. The molecule has 0 aliphatic rings. The van der Waals surface area contributed by atoms with Crippen LogP contribution in [0.25, 0.3) is 10.1 Å². The minimum Gasteiger partial charge on any atom is -0.451 e. The van der Waals surface area contributed by atoms with Crippen molar-refractivity contribution >= 4 is 44.7 Å². The lowest BCUT2D eigenvalue weighted by Gasteiger charge is -2.21. The number of hydrogen-bond acceptors (Lipinski definition) is 7. The molecule has 3 aromatic rings. The molecule has 2 aromatic carbocycles. The van der Waals surface area contributed by atoms with E-state index in [-0.39, 0.29) is 23.5 Å². The van der Waals surface area contributed by atoms with Gasteiger partial charge in [0.15, 0.2) is 6.61 Å². The molecule has 146 valence electrons. The largest absolute Gasteiger partial charge is 0.451 e. The van der Waals surface area contributed by atoms with Gasteiger partial charge in [-0.25, -0.2) is 4.79 Å². The number of ether oxygens (including phenoxy) is 1. The zero-order valence-electron chi connectivity index (χ0n) is 15.1. The predicted octanol–water partition coefficient (Wildman–Crippen LogP) is 3.91. The highest BCUT2D eigenvalue weighted by Gasteiger charge is 2.19. The van der Waals surface area contributed by atoms with Gasteiger partial charge in [-0.2, -0.15) is 5.26 Å². The summed E-state index contributed by atoms with van der Waals surface area (Å²) in [6.07, 6.45) is 0.143. The van der Waals surface area contributed by atoms with Crippen LogP contribution in [0.4, 0.5) is 11.4 Å². The van der Waals surface area contributed by atoms with Gasteiger partial charge in [-0.15, -0.1) is 11.3 Å². The maximum atomic E-state index is 12.5. The maximum Gasteiger partial charge on any atom is 0.348 e. The fraction of sp³-hybridized carbons (Fsp3) is 0.150. The zero-order chi connectivity index (χ0) is 20.8. The molecule has 1 amide bonds. The molecule has 0 saturated carbocycles. The Labute approximate surface area is 169 Å². The molecule has 0 spiro atoms. The minimum absolute atomic E-state index is 0.0682. The lowest BCUT2D eigenvalue weighted by atomic mass is 10.2. The van der Waals surface area contributed by atoms with Gasteiger partial charge in [-0.05, 0) is 24.3 Å². The number of rotatable bonds is 7. The Morgan fingerprint density at radius 2 is 1.93 bits per heavy atom. The average Bonchev–Trinajstić information content (AvgIpc) is 3.16. The van der Waals surface area contributed by atoms with E-state index in [0.29, 0.717) is 15.8 Å². The highest BCUT2D eigenvalue weighted by molar-refractivity contribution is 7.20. The number of benzene rings is 2. The lowest BCUT2D eigenvalue weighted by molar-refractivity contribution is -0.384. The van der Waals surface area contributed by atoms with Crippen LogP contribution >= 0.6 is 11.3 Å². The Morgan fingerprint density at radius 1 is 1.17 bits per heavy atom. The molecule has 8 nitrogen and oxygen atoms in total. The van der Waals surface area contributed by atoms with Crippen molar-refractivity contribution in [2.24, 2.45) is 0 Å². The van der Waals surface area contributed by atoms with E-state index in [1.807, 2.05) is 12.1 Å². The van der Waals surface area contributed by atoms with Crippen LogP contribution in [0.15, 0.2) is 54.6 Å². The Kier molecular flexibility index (Phi) is 6.16. The van der Waals surface area contributed by atoms with E-state index in [0.717, 1.165) is 11.3 Å². The number of nitro groups is 1. The van der Waals surface area contributed by atoms with Gasteiger partial charge < -0.3 is 9.64 Å². The number of carbonyl (C=O) groups excluding carboxylic acids is 2. The topological polar surface area (TPSA) is 114 Å². The van der Waals surface area contributed by atoms with Crippen molar-refractivity contribution < 1.29 is 19.2 Å². The van der Waals surface area contributed by atoms with Crippen LogP contribution in [-0.4, -0.2) is 30.0 Å². The molecule has 0 radical (unpaired) electrons. The van der Waals surface area contributed by atoms with Gasteiger partial charge in [0.25, 0.3) is 11.6 Å². The average molecular weight is 409 g/mol. The summed E-state index contributed by atoms with van der Waals surface area (Å²) in [5.41, 5.74) is 0.541. The highest BCUT2D eigenvalue weighted by Crippen LogP contribution is 2.29. The molecule has 0 saturated heterocycles. The normalized spacial score (nSPS) is 10.3. The first-order valence-corrected chi connectivity index (χ1v) is 9.38. The summed E-state index contributed by atoms with van der Waals surface area (Å²) in [6.45, 7) is -0.295. The molecule has 0 unspecified atom stereocenters. The number of nitro benzene ring substituents is 1. The molecular weight excluding hydrogens is 394 g/mol. The zero-order valence-corrected chi connectivity index (χ0v) is 15.9. The molecule has 0 N–H and O–H groups in total. The molecule has 1 aromatic heterocycles. The predicted molar refractivity (Wildman–Crippen MR) is 108 cm³/mol. The number of para-hydroxylation sites is 1. The van der Waals surface area contributed by atoms with Crippen LogP contribution in [0.2, 0.25) is 0 Å². The van der Waals surface area contributed by atoms with Gasteiger partial charge >= 0.3 is 5.97 Å². The Morgan fingerprint density at radius 3 is 2.62 bits per heavy atom. The van der Waals surface area contributed by atoms with Crippen molar-refractivity contribution in [3.05, 3.63) is 69.6 Å². The monoisotopic (exact) mass is 409 g/mol. The molecule has 3 rings (SSSR count). The van der Waals surface area contributed by atoms with Gasteiger partial charge in [0, 0.05) is 34.5 Å². The number of nitrogens with zero attached hydrogens (tertiary/aromatic N) is 3. The van der Waals surface area contributed by atoms with Crippen LogP contribution in [-0.2, 0) is 9.53 Å². The first-order valence-electron chi connectivity index (χ1n) is 8.57. The van der Waals surface area contributed by atoms with Crippen molar-refractivity contribution in [1.29, 1.82) is 5.26 Å². The molecule has 1 heterocycles. The summed E-state index contributed by atoms with van der Waals surface area (Å²) in [5, 5.41) is 20.3. The Balaban J connectivity index is 1.70. The number of carbonyl (C=O) groups is 2. The third-order valence-corrected chi connectivity index (χ3v) is 5.15. The summed E-state index contributed by atoms with van der Waals surface area (Å²) >= 11 is 1.13. The number of thiophene rings is 1. The van der Waals surface area contributed by atoms with E-state index >= 15 is 0 Å². The van der Waals surface area contributed by atoms with Crippen molar-refractivity contribution in [3.8, 4) is 6.07 Å². The summed E-state index contributed by atoms with van der Waals surface area (Å²) in [5.74, 6) is -1.13. The molecule has 29 heavy (non-hydrogen) atoms. The number of nitriles is 1. The minimum atomic E-state index is -0.685. The van der Waals surface area contributed by atoms with Crippen LogP contribution in [0.3, 0.4) is 0 Å². The van der Waals surface area contributed by atoms with Gasteiger partial charge in [0.1, 0.15) is 4.88 Å². The van der Waals surface area contributed by atoms with Crippen molar-refractivity contribution in [2.45, 2.75) is 6.42 Å². The molecule has 0 bridgehead atoms. The van der Waals surface area contributed by atoms with E-state index in [2.05, 4.69) is 0 Å². The SMILES string of the molecule is N#CCCN(C(=O)COC(=O)c1cc2cc([N+](=O)[O-])ccc2s1)c1ccccc1. The second kappa shape index (κ2) is 8.95. The summed E-state index contributed by atoms with van der Waals surface area (Å²) in [6, 6.07) is 16.6. The van der Waals surface area contributed by atoms with Gasteiger partial charge in [0.2, 0.25) is 0 Å². The summed E-state index contributed by atoms with van der Waals surface area (Å²) in [7, 11) is 0. The smallest absolute Gasteiger partial charge is 0.348 e. The number of anilines is 1. The van der Waals surface area contributed by atoms with Crippen molar-refractivity contribution in [2.75, 3.05) is 18.1 Å². The second-order valence-electron chi connectivity index (χ2n) is 5.96. The number of amides is 1. The molecule has 0 aliphatic carbocycles. The van der Waals surface area contributed by atoms with E-state index in [9.17, 15) is 19.7 Å². The fourth-order valence-electron chi connectivity index (χ4n) is 2.69. The van der Waals surface area contributed by atoms with Crippen LogP contribution in [0.5, 0.6) is 0 Å². The van der Waals surface area contributed by atoms with Crippen LogP contribution < -0.4 is 4.90 Å². The number of hydrogen-bond donors (Lipinski definition) is 0. The van der Waals surface area contributed by atoms with Crippen molar-refractivity contribution in [3.63, 3.8) is 0 Å². The molecular formula is C20H15N3O5S. The van der Waals surface area contributed by atoms with Gasteiger partial charge in [0.05, 0.1) is 17.4 Å². The highest BCUT2D eigenvalue weighted by atomic mass is 32.1. The van der Waals surface area contributed by atoms with E-state index < -0.39 is 23.4 Å². The van der Waals surface area contributed by atoms with Crippen LogP contribution in [0.1, 0.15) is 16.1 Å². The summed E-state index contributed by atoms with van der Waals surface area (Å²) < 4.78 is 5.85. The first-order chi connectivity index (χ1) is 14.0. The van der Waals surface area contributed by atoms with Crippen molar-refractivity contribution in [1.82, 2.24) is 0 Å². The second-order valence-corrected chi connectivity index (χ2v) is 7.04. The number of esters is 1. The van der Waals surface area contributed by atoms with E-state index in [4.69, 9.17) is 10.00 Å². The first kappa shape index (κ1) is 20.0. The summed E-state index contributed by atoms with van der Waals surface area (Å²) in [4.78, 5) is 36.9. The standard InChI is InChI=1S/C20H15N3O5S/c21-9-4-10-22(15-5-2-1-3-6-15)19(24)13-28-20(25)18-12-14-11-16(23(26)27)7-8-17(14)29-18/h1-3,5-8,11-12H,4,10,13H2. The number of non-ortho nitro benzene ring substituents is 1. The Hall–Kier alpha value is -3.77. The molecule has 0 fully saturated rings. The molecule has 0 atom stereocenters. The van der Waals surface area contributed by atoms with Gasteiger partial charge in [-0.1, -0.05) is 18.2 Å². The van der Waals surface area contributed by atoms with E-state index in [1.165, 1.54) is 23.1 Å². The maximum absolute atomic E-state index is 12.5. The molecule has 0 aliphatic heterocycles. The van der Waals surface area contributed by atoms with Crippen LogP contribution in [0, 0.1) is 21.4 Å². The Bertz CT molecular complexity index is 1100. The molecule has 9 heteroatoms. The third-order valence-electron chi connectivity index (χ3n) is 4.05. The lowest BCUT2D eigenvalue weighted by Crippen LogP contribution is -2.35. The quantitative estimate of drug-likeness (QED) is 0.332. The fourth-order valence-corrected chi connectivity index (χ4v) is 3.63. The number of fused-ring (bicyclic) bond motifs is 1. The van der Waals surface area contributed by atoms with E-state index in [1.54, 1.807) is 30.3 Å².